The normalized spacial score (nSPS) is 11.8. The van der Waals surface area contributed by atoms with E-state index in [1.54, 1.807) is 0 Å². The molecular weight excluding hydrogens is 520 g/mol. The molecule has 2 nitrogen and oxygen atoms in total. The summed E-state index contributed by atoms with van der Waals surface area (Å²) in [5.74, 6) is 0. The quantitative estimate of drug-likeness (QED) is 0.202. The molecule has 2 heterocycles. The number of hydrogen-bond acceptors (Lipinski definition) is 0. The Hall–Kier alpha value is -5.60. The van der Waals surface area contributed by atoms with E-state index in [-0.39, 0.29) is 0 Å². The molecule has 0 saturated heterocycles. The van der Waals surface area contributed by atoms with Crippen molar-refractivity contribution in [3.63, 3.8) is 0 Å². The number of benzene rings is 6. The monoisotopic (exact) mass is 550 g/mol. The van der Waals surface area contributed by atoms with E-state index in [1.807, 2.05) is 6.08 Å². The number of fused-ring (bicyclic) bond motifs is 6. The van der Waals surface area contributed by atoms with E-state index in [1.165, 1.54) is 60.2 Å². The summed E-state index contributed by atoms with van der Waals surface area (Å²) in [6.45, 7) is 6.33. The van der Waals surface area contributed by atoms with Crippen molar-refractivity contribution in [2.75, 3.05) is 0 Å². The number of nitrogens with zero attached hydrogens (tertiary/aromatic N) is 2. The van der Waals surface area contributed by atoms with Gasteiger partial charge >= 0.3 is 0 Å². The molecule has 0 fully saturated rings. The lowest BCUT2D eigenvalue weighted by molar-refractivity contribution is 1.11. The first-order chi connectivity index (χ1) is 21.3. The van der Waals surface area contributed by atoms with Crippen LogP contribution in [0, 0.1) is 0 Å². The highest BCUT2D eigenvalue weighted by Gasteiger charge is 2.22. The number of para-hydroxylation sites is 2. The molecule has 8 aromatic rings. The minimum atomic E-state index is 1.10. The number of allylic oxidation sites excluding steroid dienone is 1. The lowest BCUT2D eigenvalue weighted by Crippen LogP contribution is -1.96. The summed E-state index contributed by atoms with van der Waals surface area (Å²) in [6.07, 6.45) is 6.34. The van der Waals surface area contributed by atoms with E-state index in [0.717, 1.165) is 17.1 Å². The fourth-order valence-corrected chi connectivity index (χ4v) is 6.84. The molecule has 6 aromatic carbocycles. The van der Waals surface area contributed by atoms with Crippen molar-refractivity contribution in [3.8, 4) is 22.5 Å². The second-order valence-corrected chi connectivity index (χ2v) is 11.0. The Morgan fingerprint density at radius 1 is 0.558 bits per heavy atom. The molecule has 8 rings (SSSR count). The van der Waals surface area contributed by atoms with Gasteiger partial charge < -0.3 is 9.13 Å². The van der Waals surface area contributed by atoms with E-state index in [0.29, 0.717) is 0 Å². The minimum absolute atomic E-state index is 1.10. The van der Waals surface area contributed by atoms with Crippen LogP contribution in [0.15, 0.2) is 146 Å². The Kier molecular flexibility index (Phi) is 5.87. The predicted molar refractivity (Wildman–Crippen MR) is 185 cm³/mol. The summed E-state index contributed by atoms with van der Waals surface area (Å²) in [5, 5.41) is 6.23. The van der Waals surface area contributed by atoms with Crippen LogP contribution in [-0.2, 0) is 0 Å². The first-order valence-corrected chi connectivity index (χ1v) is 14.8. The van der Waals surface area contributed by atoms with Crippen LogP contribution in [0.4, 0.5) is 0 Å². The second-order valence-electron chi connectivity index (χ2n) is 11.0. The van der Waals surface area contributed by atoms with Crippen LogP contribution < -0.4 is 0 Å². The van der Waals surface area contributed by atoms with Gasteiger partial charge in [0.1, 0.15) is 0 Å². The van der Waals surface area contributed by atoms with Crippen LogP contribution in [0.1, 0.15) is 18.2 Å². The topological polar surface area (TPSA) is 9.86 Å². The van der Waals surface area contributed by atoms with Gasteiger partial charge in [0.25, 0.3) is 0 Å². The molecule has 0 aliphatic heterocycles. The van der Waals surface area contributed by atoms with E-state index < -0.39 is 0 Å². The zero-order valence-electron chi connectivity index (χ0n) is 24.0. The van der Waals surface area contributed by atoms with E-state index in [4.69, 9.17) is 0 Å². The first kappa shape index (κ1) is 25.1. The van der Waals surface area contributed by atoms with Crippen LogP contribution in [0.3, 0.4) is 0 Å². The smallest absolute Gasteiger partial charge is 0.0548 e. The first-order valence-electron chi connectivity index (χ1n) is 14.8. The Labute approximate surface area is 251 Å². The van der Waals surface area contributed by atoms with Crippen LogP contribution >= 0.6 is 0 Å². The van der Waals surface area contributed by atoms with Crippen LogP contribution in [0.2, 0.25) is 0 Å². The van der Waals surface area contributed by atoms with Crippen molar-refractivity contribution in [2.45, 2.75) is 6.92 Å². The molecule has 0 spiro atoms. The highest BCUT2D eigenvalue weighted by atomic mass is 15.0. The molecule has 0 bridgehead atoms. The fraction of sp³-hybridized carbons (Fsp3) is 0.0244. The average molecular weight is 551 g/mol. The number of rotatable bonds is 5. The maximum absolute atomic E-state index is 4.25. The summed E-state index contributed by atoms with van der Waals surface area (Å²) in [4.78, 5) is 0. The van der Waals surface area contributed by atoms with Gasteiger partial charge in [-0.2, -0.15) is 0 Å². The van der Waals surface area contributed by atoms with Gasteiger partial charge in [-0.3, -0.25) is 0 Å². The van der Waals surface area contributed by atoms with Crippen LogP contribution in [0.25, 0.3) is 78.1 Å². The molecule has 0 radical (unpaired) electrons. The summed E-state index contributed by atoms with van der Waals surface area (Å²) < 4.78 is 4.76. The predicted octanol–water partition coefficient (Wildman–Crippen LogP) is 11.2. The zero-order valence-corrected chi connectivity index (χ0v) is 24.0. The Balaban J connectivity index is 1.46. The maximum atomic E-state index is 4.25. The van der Waals surface area contributed by atoms with Crippen LogP contribution in [0.5, 0.6) is 0 Å². The van der Waals surface area contributed by atoms with E-state index in [9.17, 15) is 0 Å². The van der Waals surface area contributed by atoms with Gasteiger partial charge in [-0.1, -0.05) is 110 Å². The van der Waals surface area contributed by atoms with Gasteiger partial charge in [-0.25, -0.2) is 0 Å². The number of hydrogen-bond donors (Lipinski definition) is 0. The Morgan fingerprint density at radius 3 is 2.05 bits per heavy atom. The molecule has 2 heteroatoms. The average Bonchev–Trinajstić information content (AvgIpc) is 3.57. The SMILES string of the molecule is C=Cc1c(/C=C\C)c2c3c4ccccc4n(-c4ccc5c(-c6ccccc6)cccc5c4)c3ccc2n1-c1ccccc1. The summed E-state index contributed by atoms with van der Waals surface area (Å²) >= 11 is 0. The minimum Gasteiger partial charge on any atom is -0.309 e. The third kappa shape index (κ3) is 3.80. The molecular formula is C41H30N2. The Morgan fingerprint density at radius 2 is 1.28 bits per heavy atom. The second kappa shape index (κ2) is 10.0. The summed E-state index contributed by atoms with van der Waals surface area (Å²) in [7, 11) is 0. The maximum Gasteiger partial charge on any atom is 0.0548 e. The lowest BCUT2D eigenvalue weighted by Gasteiger charge is -2.12. The van der Waals surface area contributed by atoms with E-state index in [2.05, 4.69) is 168 Å². The molecule has 204 valence electrons. The van der Waals surface area contributed by atoms with Gasteiger partial charge in [0.05, 0.1) is 22.2 Å². The number of aromatic nitrogens is 2. The lowest BCUT2D eigenvalue weighted by atomic mass is 9.98. The molecule has 0 aliphatic rings. The highest BCUT2D eigenvalue weighted by molar-refractivity contribution is 6.24. The fourth-order valence-electron chi connectivity index (χ4n) is 6.84. The highest BCUT2D eigenvalue weighted by Crippen LogP contribution is 2.42. The molecule has 2 aromatic heterocycles. The van der Waals surface area contributed by atoms with Crippen molar-refractivity contribution in [1.29, 1.82) is 0 Å². The van der Waals surface area contributed by atoms with Gasteiger partial charge in [0, 0.05) is 33.1 Å². The molecule has 0 atom stereocenters. The van der Waals surface area contributed by atoms with Crippen molar-refractivity contribution in [2.24, 2.45) is 0 Å². The zero-order chi connectivity index (χ0) is 28.9. The summed E-state index contributed by atoms with van der Waals surface area (Å²) in [5.41, 5.74) is 10.6. The van der Waals surface area contributed by atoms with Gasteiger partial charge in [-0.05, 0) is 77.4 Å². The molecule has 0 aliphatic carbocycles. The van der Waals surface area contributed by atoms with Crippen molar-refractivity contribution in [3.05, 3.63) is 157 Å². The van der Waals surface area contributed by atoms with Crippen molar-refractivity contribution < 1.29 is 0 Å². The molecule has 43 heavy (non-hydrogen) atoms. The van der Waals surface area contributed by atoms with Crippen molar-refractivity contribution >= 4 is 55.6 Å². The third-order valence-electron chi connectivity index (χ3n) is 8.59. The third-order valence-corrected chi connectivity index (χ3v) is 8.59. The molecule has 0 amide bonds. The van der Waals surface area contributed by atoms with Gasteiger partial charge in [-0.15, -0.1) is 0 Å². The molecule has 0 N–H and O–H groups in total. The van der Waals surface area contributed by atoms with Gasteiger partial charge in [0.15, 0.2) is 0 Å². The largest absolute Gasteiger partial charge is 0.309 e. The molecule has 0 saturated carbocycles. The summed E-state index contributed by atoms with van der Waals surface area (Å²) in [6, 6.07) is 48.0. The Bertz CT molecular complexity index is 2350. The van der Waals surface area contributed by atoms with Crippen molar-refractivity contribution in [1.82, 2.24) is 9.13 Å². The van der Waals surface area contributed by atoms with Crippen LogP contribution in [-0.4, -0.2) is 9.13 Å². The molecule has 0 unspecified atom stereocenters. The van der Waals surface area contributed by atoms with E-state index >= 15 is 0 Å². The standard InChI is InChI=1S/C41H30N2/c1-3-14-34-36(4-2)42(30-18-9-6-10-19-30)38-25-26-39-41(40(34)38)35-20-11-12-22-37(35)43(39)31-23-24-33-29(27-31)17-13-21-32(33)28-15-7-5-8-16-28/h3-27H,2H2,1H3/b14-3-. The van der Waals surface area contributed by atoms with Gasteiger partial charge in [0.2, 0.25) is 0 Å².